The standard InChI is InChI=1S/C15H20N4O/c1-12(2)4-5-15(20)17-11-13-6-8-16-14(10-13)19-9-3-7-18-19/h3,6-10,12H,4-5,11H2,1-2H3,(H,17,20). The first-order valence-corrected chi connectivity index (χ1v) is 6.87. The second-order valence-electron chi connectivity index (χ2n) is 5.18. The summed E-state index contributed by atoms with van der Waals surface area (Å²) in [5, 5.41) is 7.07. The molecule has 0 aliphatic carbocycles. The molecule has 0 saturated heterocycles. The van der Waals surface area contributed by atoms with Crippen LogP contribution in [0.5, 0.6) is 0 Å². The van der Waals surface area contributed by atoms with Crippen LogP contribution in [0, 0.1) is 5.92 Å². The molecular weight excluding hydrogens is 252 g/mol. The fourth-order valence-electron chi connectivity index (χ4n) is 1.81. The molecule has 0 unspecified atom stereocenters. The quantitative estimate of drug-likeness (QED) is 0.878. The smallest absolute Gasteiger partial charge is 0.220 e. The third-order valence-corrected chi connectivity index (χ3v) is 2.99. The summed E-state index contributed by atoms with van der Waals surface area (Å²) < 4.78 is 1.70. The van der Waals surface area contributed by atoms with E-state index in [-0.39, 0.29) is 5.91 Å². The van der Waals surface area contributed by atoms with E-state index in [2.05, 4.69) is 29.2 Å². The topological polar surface area (TPSA) is 59.8 Å². The van der Waals surface area contributed by atoms with Crippen molar-refractivity contribution < 1.29 is 4.79 Å². The zero-order chi connectivity index (χ0) is 14.4. The highest BCUT2D eigenvalue weighted by Crippen LogP contribution is 2.07. The molecule has 0 aliphatic heterocycles. The normalized spacial score (nSPS) is 10.8. The van der Waals surface area contributed by atoms with E-state index >= 15 is 0 Å². The molecule has 2 aromatic rings. The van der Waals surface area contributed by atoms with Gasteiger partial charge in [-0.3, -0.25) is 4.79 Å². The molecule has 1 N–H and O–H groups in total. The first kappa shape index (κ1) is 14.2. The summed E-state index contributed by atoms with van der Waals surface area (Å²) >= 11 is 0. The molecule has 0 spiro atoms. The molecule has 0 fully saturated rings. The Bertz CT molecular complexity index is 549. The zero-order valence-electron chi connectivity index (χ0n) is 11.9. The Morgan fingerprint density at radius 2 is 2.25 bits per heavy atom. The lowest BCUT2D eigenvalue weighted by Gasteiger charge is -2.08. The van der Waals surface area contributed by atoms with Crippen LogP contribution in [0.4, 0.5) is 0 Å². The van der Waals surface area contributed by atoms with Crippen molar-refractivity contribution in [3.05, 3.63) is 42.4 Å². The van der Waals surface area contributed by atoms with Gasteiger partial charge in [0.1, 0.15) is 0 Å². The van der Waals surface area contributed by atoms with Crippen molar-refractivity contribution in [2.75, 3.05) is 0 Å². The highest BCUT2D eigenvalue weighted by molar-refractivity contribution is 5.75. The van der Waals surface area contributed by atoms with Crippen molar-refractivity contribution in [2.45, 2.75) is 33.2 Å². The molecule has 2 rings (SSSR count). The van der Waals surface area contributed by atoms with Crippen molar-refractivity contribution in [3.63, 3.8) is 0 Å². The number of rotatable bonds is 6. The highest BCUT2D eigenvalue weighted by atomic mass is 16.1. The maximum atomic E-state index is 11.7. The van der Waals surface area contributed by atoms with Gasteiger partial charge in [-0.25, -0.2) is 9.67 Å². The second kappa shape index (κ2) is 6.84. The monoisotopic (exact) mass is 272 g/mol. The molecule has 0 saturated carbocycles. The van der Waals surface area contributed by atoms with Gasteiger partial charge in [-0.2, -0.15) is 5.10 Å². The zero-order valence-corrected chi connectivity index (χ0v) is 11.9. The molecule has 0 atom stereocenters. The Kier molecular flexibility index (Phi) is 4.87. The average Bonchev–Trinajstić information content (AvgIpc) is 2.97. The molecular formula is C15H20N4O. The lowest BCUT2D eigenvalue weighted by atomic mass is 10.1. The van der Waals surface area contributed by atoms with Gasteiger partial charge in [0, 0.05) is 31.6 Å². The Morgan fingerprint density at radius 1 is 1.40 bits per heavy atom. The minimum atomic E-state index is 0.0937. The van der Waals surface area contributed by atoms with Crippen molar-refractivity contribution >= 4 is 5.91 Å². The van der Waals surface area contributed by atoms with Crippen molar-refractivity contribution in [2.24, 2.45) is 5.92 Å². The number of nitrogens with zero attached hydrogens (tertiary/aromatic N) is 3. The summed E-state index contributed by atoms with van der Waals surface area (Å²) in [6, 6.07) is 5.67. The van der Waals surface area contributed by atoms with Crippen molar-refractivity contribution in [3.8, 4) is 5.82 Å². The Morgan fingerprint density at radius 3 is 2.95 bits per heavy atom. The van der Waals surface area contributed by atoms with E-state index in [4.69, 9.17) is 0 Å². The van der Waals surface area contributed by atoms with Crippen LogP contribution >= 0.6 is 0 Å². The Labute approximate surface area is 119 Å². The van der Waals surface area contributed by atoms with Crippen LogP contribution in [0.3, 0.4) is 0 Å². The lowest BCUT2D eigenvalue weighted by Crippen LogP contribution is -2.23. The predicted octanol–water partition coefficient (Wildman–Crippen LogP) is 2.32. The van der Waals surface area contributed by atoms with Crippen molar-refractivity contribution in [1.29, 1.82) is 0 Å². The number of amides is 1. The Balaban J connectivity index is 1.90. The number of nitrogens with one attached hydrogen (secondary N) is 1. The van der Waals surface area contributed by atoms with E-state index in [1.54, 1.807) is 17.1 Å². The van der Waals surface area contributed by atoms with E-state index in [1.165, 1.54) is 0 Å². The van der Waals surface area contributed by atoms with E-state index in [0.717, 1.165) is 17.8 Å². The summed E-state index contributed by atoms with van der Waals surface area (Å²) in [7, 11) is 0. The molecule has 2 heterocycles. The van der Waals surface area contributed by atoms with Gasteiger partial charge in [0.15, 0.2) is 5.82 Å². The summed E-state index contributed by atoms with van der Waals surface area (Å²) in [6.07, 6.45) is 6.78. The molecule has 0 bridgehead atoms. The SMILES string of the molecule is CC(C)CCC(=O)NCc1ccnc(-n2cccn2)c1. The fraction of sp³-hybridized carbons (Fsp3) is 0.400. The Hall–Kier alpha value is -2.17. The summed E-state index contributed by atoms with van der Waals surface area (Å²) in [6.45, 7) is 4.76. The summed E-state index contributed by atoms with van der Waals surface area (Å²) in [5.74, 6) is 1.40. The molecule has 2 aromatic heterocycles. The number of carbonyl (C=O) groups excluding carboxylic acids is 1. The van der Waals surface area contributed by atoms with Crippen LogP contribution < -0.4 is 5.32 Å². The molecule has 0 radical (unpaired) electrons. The fourth-order valence-corrected chi connectivity index (χ4v) is 1.81. The maximum Gasteiger partial charge on any atom is 0.220 e. The van der Waals surface area contributed by atoms with Gasteiger partial charge >= 0.3 is 0 Å². The predicted molar refractivity (Wildman–Crippen MR) is 77.3 cm³/mol. The van der Waals surface area contributed by atoms with Gasteiger partial charge in [-0.05, 0) is 36.1 Å². The van der Waals surface area contributed by atoms with E-state index in [0.29, 0.717) is 18.9 Å². The number of aromatic nitrogens is 3. The largest absolute Gasteiger partial charge is 0.352 e. The van der Waals surface area contributed by atoms with Crippen LogP contribution in [0.15, 0.2) is 36.8 Å². The van der Waals surface area contributed by atoms with Gasteiger partial charge in [0.05, 0.1) is 0 Å². The molecule has 20 heavy (non-hydrogen) atoms. The van der Waals surface area contributed by atoms with Crippen LogP contribution in [0.25, 0.3) is 5.82 Å². The summed E-state index contributed by atoms with van der Waals surface area (Å²) in [5.41, 5.74) is 1.02. The molecule has 5 heteroatoms. The van der Waals surface area contributed by atoms with Gasteiger partial charge in [-0.15, -0.1) is 0 Å². The third kappa shape index (κ3) is 4.19. The number of hydrogen-bond donors (Lipinski definition) is 1. The van der Waals surface area contributed by atoms with Crippen LogP contribution in [0.2, 0.25) is 0 Å². The van der Waals surface area contributed by atoms with E-state index in [9.17, 15) is 4.79 Å². The van der Waals surface area contributed by atoms with Gasteiger partial charge in [0.25, 0.3) is 0 Å². The number of pyridine rings is 1. The van der Waals surface area contributed by atoms with Crippen molar-refractivity contribution in [1.82, 2.24) is 20.1 Å². The van der Waals surface area contributed by atoms with Gasteiger partial charge in [-0.1, -0.05) is 13.8 Å². The number of carbonyl (C=O) groups is 1. The molecule has 1 amide bonds. The lowest BCUT2D eigenvalue weighted by molar-refractivity contribution is -0.121. The first-order valence-electron chi connectivity index (χ1n) is 6.87. The number of hydrogen-bond acceptors (Lipinski definition) is 3. The van der Waals surface area contributed by atoms with E-state index < -0.39 is 0 Å². The molecule has 0 aromatic carbocycles. The molecule has 106 valence electrons. The van der Waals surface area contributed by atoms with Crippen LogP contribution in [0.1, 0.15) is 32.3 Å². The van der Waals surface area contributed by atoms with Gasteiger partial charge in [0.2, 0.25) is 5.91 Å². The maximum absolute atomic E-state index is 11.7. The van der Waals surface area contributed by atoms with Crippen LogP contribution in [-0.2, 0) is 11.3 Å². The highest BCUT2D eigenvalue weighted by Gasteiger charge is 2.04. The average molecular weight is 272 g/mol. The minimum absolute atomic E-state index is 0.0937. The first-order chi connectivity index (χ1) is 9.65. The van der Waals surface area contributed by atoms with Crippen LogP contribution in [-0.4, -0.2) is 20.7 Å². The van der Waals surface area contributed by atoms with Gasteiger partial charge < -0.3 is 5.32 Å². The second-order valence-corrected chi connectivity index (χ2v) is 5.18. The third-order valence-electron chi connectivity index (χ3n) is 2.99. The summed E-state index contributed by atoms with van der Waals surface area (Å²) in [4.78, 5) is 15.9. The van der Waals surface area contributed by atoms with E-state index in [1.807, 2.05) is 24.4 Å². The molecule has 5 nitrogen and oxygen atoms in total. The molecule has 0 aliphatic rings. The minimum Gasteiger partial charge on any atom is -0.352 e.